The Morgan fingerprint density at radius 1 is 1.25 bits per heavy atom. The molecule has 1 aliphatic rings. The van der Waals surface area contributed by atoms with Crippen LogP contribution in [0.4, 0.5) is 0 Å². The van der Waals surface area contributed by atoms with Crippen molar-refractivity contribution in [3.63, 3.8) is 0 Å². The molecule has 1 heterocycles. The molecule has 1 N–H and O–H groups in total. The molecule has 6 heteroatoms. The van der Waals surface area contributed by atoms with Crippen LogP contribution in [-0.2, 0) is 20.0 Å². The van der Waals surface area contributed by atoms with E-state index in [9.17, 15) is 13.2 Å². The number of sulfone groups is 1. The lowest BCUT2D eigenvalue weighted by Crippen LogP contribution is -2.29. The Bertz CT molecular complexity index is 659. The summed E-state index contributed by atoms with van der Waals surface area (Å²) in [7, 11) is -2.92. The van der Waals surface area contributed by atoms with Crippen LogP contribution < -0.4 is 10.1 Å². The van der Waals surface area contributed by atoms with Gasteiger partial charge >= 0.3 is 0 Å². The number of benzene rings is 1. The molecule has 0 saturated carbocycles. The van der Waals surface area contributed by atoms with E-state index in [0.29, 0.717) is 19.6 Å². The zero-order valence-electron chi connectivity index (χ0n) is 14.7. The first-order chi connectivity index (χ1) is 11.2. The van der Waals surface area contributed by atoms with Crippen LogP contribution in [0.2, 0.25) is 0 Å². The highest BCUT2D eigenvalue weighted by Gasteiger charge is 2.29. The van der Waals surface area contributed by atoms with Gasteiger partial charge in [-0.2, -0.15) is 0 Å². The highest BCUT2D eigenvalue weighted by molar-refractivity contribution is 7.91. The van der Waals surface area contributed by atoms with Crippen LogP contribution in [0, 0.1) is 5.92 Å². The van der Waals surface area contributed by atoms with Crippen molar-refractivity contribution in [3.8, 4) is 5.75 Å². The van der Waals surface area contributed by atoms with Gasteiger partial charge in [-0.3, -0.25) is 4.79 Å². The molecule has 2 rings (SSSR count). The summed E-state index contributed by atoms with van der Waals surface area (Å²) in [6.45, 7) is 7.29. The second-order valence-electron chi connectivity index (χ2n) is 7.45. The Labute approximate surface area is 144 Å². The topological polar surface area (TPSA) is 72.5 Å². The molecule has 0 radical (unpaired) electrons. The minimum atomic E-state index is -2.92. The molecule has 24 heavy (non-hydrogen) atoms. The number of rotatable bonds is 6. The Hall–Kier alpha value is -1.56. The molecule has 0 aromatic heterocycles. The van der Waals surface area contributed by atoms with Gasteiger partial charge in [-0.1, -0.05) is 32.9 Å². The third-order valence-electron chi connectivity index (χ3n) is 4.21. The first-order valence-electron chi connectivity index (χ1n) is 8.36. The number of hydrogen-bond acceptors (Lipinski definition) is 4. The summed E-state index contributed by atoms with van der Waals surface area (Å²) in [5, 5.41) is 2.78. The minimum Gasteiger partial charge on any atom is -0.492 e. The van der Waals surface area contributed by atoms with Crippen LogP contribution in [0.1, 0.15) is 39.2 Å². The maximum absolute atomic E-state index is 11.8. The third kappa shape index (κ3) is 5.82. The van der Waals surface area contributed by atoms with Gasteiger partial charge in [0.05, 0.1) is 18.1 Å². The molecule has 1 aromatic rings. The molecule has 1 aromatic carbocycles. The van der Waals surface area contributed by atoms with E-state index in [2.05, 4.69) is 38.2 Å². The summed E-state index contributed by atoms with van der Waals surface area (Å²) in [5.74, 6) is 0.971. The molecule has 0 unspecified atom stereocenters. The number of carbonyl (C=O) groups is 1. The molecule has 0 spiro atoms. The van der Waals surface area contributed by atoms with Crippen molar-refractivity contribution < 1.29 is 17.9 Å². The fourth-order valence-corrected chi connectivity index (χ4v) is 4.64. The summed E-state index contributed by atoms with van der Waals surface area (Å²) >= 11 is 0. The van der Waals surface area contributed by atoms with E-state index in [1.165, 1.54) is 5.56 Å². The minimum absolute atomic E-state index is 0.0409. The van der Waals surface area contributed by atoms with Gasteiger partial charge in [-0.25, -0.2) is 8.42 Å². The monoisotopic (exact) mass is 353 g/mol. The Kier molecular flexibility index (Phi) is 5.91. The van der Waals surface area contributed by atoms with E-state index >= 15 is 0 Å². The normalized spacial score (nSPS) is 19.9. The van der Waals surface area contributed by atoms with E-state index in [4.69, 9.17) is 4.74 Å². The fourth-order valence-electron chi connectivity index (χ4n) is 2.78. The number of carbonyl (C=O) groups excluding carboxylic acids is 1. The van der Waals surface area contributed by atoms with E-state index in [1.54, 1.807) is 0 Å². The van der Waals surface area contributed by atoms with Crippen LogP contribution >= 0.6 is 0 Å². The van der Waals surface area contributed by atoms with Crippen molar-refractivity contribution in [3.05, 3.63) is 29.8 Å². The number of amides is 1. The zero-order chi connectivity index (χ0) is 17.8. The highest BCUT2D eigenvalue weighted by atomic mass is 32.2. The Morgan fingerprint density at radius 2 is 1.92 bits per heavy atom. The molecular formula is C18H27NO4S. The predicted molar refractivity (Wildman–Crippen MR) is 95.0 cm³/mol. The SMILES string of the molecule is CC(C)(C)c1ccc(OCCNC(=O)C[C@H]2CCS(=O)(=O)C2)cc1. The second kappa shape index (κ2) is 7.55. The van der Waals surface area contributed by atoms with Crippen molar-refractivity contribution in [1.82, 2.24) is 5.32 Å². The maximum atomic E-state index is 11.8. The smallest absolute Gasteiger partial charge is 0.220 e. The summed E-state index contributed by atoms with van der Waals surface area (Å²) < 4.78 is 28.4. The Morgan fingerprint density at radius 3 is 2.46 bits per heavy atom. The Balaban J connectivity index is 1.66. The molecule has 1 amide bonds. The zero-order valence-corrected chi connectivity index (χ0v) is 15.5. The van der Waals surface area contributed by atoms with Crippen LogP contribution in [0.25, 0.3) is 0 Å². The lowest BCUT2D eigenvalue weighted by molar-refractivity contribution is -0.121. The predicted octanol–water partition coefficient (Wildman–Crippen LogP) is 2.30. The van der Waals surface area contributed by atoms with Gasteiger partial charge in [0.1, 0.15) is 12.4 Å². The van der Waals surface area contributed by atoms with Gasteiger partial charge in [-0.05, 0) is 35.4 Å². The highest BCUT2D eigenvalue weighted by Crippen LogP contribution is 2.24. The summed E-state index contributed by atoms with van der Waals surface area (Å²) in [5.41, 5.74) is 1.36. The van der Waals surface area contributed by atoms with E-state index < -0.39 is 9.84 Å². The van der Waals surface area contributed by atoms with Gasteiger partial charge in [-0.15, -0.1) is 0 Å². The number of hydrogen-bond donors (Lipinski definition) is 1. The first kappa shape index (κ1) is 18.8. The van der Waals surface area contributed by atoms with Gasteiger partial charge in [0.15, 0.2) is 9.84 Å². The molecule has 1 aliphatic heterocycles. The van der Waals surface area contributed by atoms with Crippen molar-refractivity contribution in [2.75, 3.05) is 24.7 Å². The molecular weight excluding hydrogens is 326 g/mol. The van der Waals surface area contributed by atoms with Crippen molar-refractivity contribution in [2.45, 2.75) is 39.0 Å². The molecule has 0 aliphatic carbocycles. The third-order valence-corrected chi connectivity index (χ3v) is 6.05. The first-order valence-corrected chi connectivity index (χ1v) is 10.2. The van der Waals surface area contributed by atoms with E-state index in [1.807, 2.05) is 12.1 Å². The van der Waals surface area contributed by atoms with Gasteiger partial charge in [0.2, 0.25) is 5.91 Å². The van der Waals surface area contributed by atoms with Crippen molar-refractivity contribution in [2.24, 2.45) is 5.92 Å². The largest absolute Gasteiger partial charge is 0.492 e. The summed E-state index contributed by atoms with van der Waals surface area (Å²) in [6.07, 6.45) is 0.867. The van der Waals surface area contributed by atoms with Gasteiger partial charge < -0.3 is 10.1 Å². The lowest BCUT2D eigenvalue weighted by atomic mass is 9.87. The average molecular weight is 353 g/mol. The summed E-state index contributed by atoms with van der Waals surface area (Å²) in [6, 6.07) is 7.97. The van der Waals surface area contributed by atoms with Crippen molar-refractivity contribution >= 4 is 15.7 Å². The molecule has 1 fully saturated rings. The van der Waals surface area contributed by atoms with Crippen LogP contribution in [0.5, 0.6) is 5.75 Å². The molecule has 5 nitrogen and oxygen atoms in total. The molecule has 134 valence electrons. The average Bonchev–Trinajstić information content (AvgIpc) is 2.82. The van der Waals surface area contributed by atoms with Crippen molar-refractivity contribution in [1.29, 1.82) is 0 Å². The molecule has 1 saturated heterocycles. The summed E-state index contributed by atoms with van der Waals surface area (Å²) in [4.78, 5) is 11.8. The standard InChI is InChI=1S/C18H27NO4S/c1-18(2,3)15-4-6-16(7-5-15)23-10-9-19-17(20)12-14-8-11-24(21,22)13-14/h4-7,14H,8-13H2,1-3H3,(H,19,20)/t14-/m1/s1. The van der Waals surface area contributed by atoms with Gasteiger partial charge in [0.25, 0.3) is 0 Å². The lowest BCUT2D eigenvalue weighted by Gasteiger charge is -2.19. The van der Waals surface area contributed by atoms with E-state index in [-0.39, 0.29) is 35.2 Å². The second-order valence-corrected chi connectivity index (χ2v) is 9.67. The van der Waals surface area contributed by atoms with Gasteiger partial charge in [0, 0.05) is 6.42 Å². The van der Waals surface area contributed by atoms with Crippen LogP contribution in [0.15, 0.2) is 24.3 Å². The maximum Gasteiger partial charge on any atom is 0.220 e. The number of nitrogens with one attached hydrogen (secondary N) is 1. The van der Waals surface area contributed by atoms with Crippen LogP contribution in [-0.4, -0.2) is 39.0 Å². The quantitative estimate of drug-likeness (QED) is 0.797. The number of ether oxygens (including phenoxy) is 1. The van der Waals surface area contributed by atoms with Crippen LogP contribution in [0.3, 0.4) is 0 Å². The van der Waals surface area contributed by atoms with E-state index in [0.717, 1.165) is 5.75 Å². The fraction of sp³-hybridized carbons (Fsp3) is 0.611. The molecule has 1 atom stereocenters. The molecule has 0 bridgehead atoms.